The summed E-state index contributed by atoms with van der Waals surface area (Å²) < 4.78 is 39.0. The maximum Gasteiger partial charge on any atom is 0.102 e. The Labute approximate surface area is 168 Å². The molecule has 5 nitrogen and oxygen atoms in total. The molecule has 27 heavy (non-hydrogen) atoms. The molecule has 1 rings (SSSR count). The number of unbranched alkanes of at least 4 members (excludes halogenated alkanes) is 11. The van der Waals surface area contributed by atoms with Crippen LogP contribution in [0.3, 0.4) is 0 Å². The Bertz CT molecular complexity index is 447. The molecule has 0 aromatic rings. The second-order valence-electron chi connectivity index (χ2n) is 8.35. The van der Waals surface area contributed by atoms with Crippen molar-refractivity contribution in [3.8, 4) is 0 Å². The Morgan fingerprint density at radius 1 is 0.741 bits per heavy atom. The van der Waals surface area contributed by atoms with Crippen molar-refractivity contribution in [2.24, 2.45) is 0 Å². The molecular weight excluding hydrogens is 362 g/mol. The summed E-state index contributed by atoms with van der Waals surface area (Å²) in [6.45, 7) is 7.57. The molecule has 0 spiro atoms. The number of ether oxygens (including phenoxy) is 1. The van der Waals surface area contributed by atoms with Gasteiger partial charge in [0.05, 0.1) is 36.4 Å². The third kappa shape index (κ3) is 13.6. The normalized spacial score (nSPS) is 17.3. The van der Waals surface area contributed by atoms with Gasteiger partial charge < -0.3 is 13.8 Å². The van der Waals surface area contributed by atoms with Gasteiger partial charge in [-0.25, -0.2) is 8.42 Å². The van der Waals surface area contributed by atoms with Crippen LogP contribution >= 0.6 is 0 Å². The van der Waals surface area contributed by atoms with Crippen molar-refractivity contribution in [2.75, 3.05) is 45.1 Å². The molecule has 6 heteroatoms. The van der Waals surface area contributed by atoms with Crippen LogP contribution in [-0.2, 0) is 14.9 Å². The van der Waals surface area contributed by atoms with Crippen molar-refractivity contribution in [3.05, 3.63) is 0 Å². The van der Waals surface area contributed by atoms with Crippen LogP contribution in [0.25, 0.3) is 0 Å². The average Bonchev–Trinajstić information content (AvgIpc) is 2.62. The lowest BCUT2D eigenvalue weighted by Crippen LogP contribution is -2.56. The second-order valence-corrected chi connectivity index (χ2v) is 9.88. The fraction of sp³-hybridized carbons (Fsp3) is 1.00. The van der Waals surface area contributed by atoms with E-state index in [4.69, 9.17) is 4.74 Å². The standard InChI is InChI=1S/C21H43NO4S/c1-2-3-4-5-6-7-8-9-10-11-12-13-15-22(17-19-26-20-18-22)16-14-21-27(23,24)25/h2-21H2,1H3. The van der Waals surface area contributed by atoms with Gasteiger partial charge in [-0.2, -0.15) is 0 Å². The van der Waals surface area contributed by atoms with E-state index in [0.29, 0.717) is 6.42 Å². The first-order valence-electron chi connectivity index (χ1n) is 11.3. The third-order valence-electron chi connectivity index (χ3n) is 5.93. The minimum atomic E-state index is -4.09. The Kier molecular flexibility index (Phi) is 13.6. The van der Waals surface area contributed by atoms with Crippen LogP contribution in [0.15, 0.2) is 0 Å². The lowest BCUT2D eigenvalue weighted by molar-refractivity contribution is -0.935. The Morgan fingerprint density at radius 2 is 1.19 bits per heavy atom. The molecule has 1 saturated heterocycles. The highest BCUT2D eigenvalue weighted by Crippen LogP contribution is 2.17. The van der Waals surface area contributed by atoms with Gasteiger partial charge in [0.25, 0.3) is 0 Å². The minimum absolute atomic E-state index is 0.230. The number of hydrogen-bond acceptors (Lipinski definition) is 4. The van der Waals surface area contributed by atoms with Gasteiger partial charge in [-0.3, -0.25) is 0 Å². The van der Waals surface area contributed by atoms with Crippen molar-refractivity contribution >= 4 is 10.1 Å². The minimum Gasteiger partial charge on any atom is -0.748 e. The predicted molar refractivity (Wildman–Crippen MR) is 111 cm³/mol. The number of morpholine rings is 1. The van der Waals surface area contributed by atoms with E-state index in [1.165, 1.54) is 77.0 Å². The third-order valence-corrected chi connectivity index (χ3v) is 6.72. The largest absolute Gasteiger partial charge is 0.748 e. The first-order valence-corrected chi connectivity index (χ1v) is 12.9. The summed E-state index contributed by atoms with van der Waals surface area (Å²) in [5.74, 6) is -0.230. The molecule has 0 aliphatic carbocycles. The summed E-state index contributed by atoms with van der Waals surface area (Å²) >= 11 is 0. The van der Waals surface area contributed by atoms with Crippen LogP contribution in [0.5, 0.6) is 0 Å². The van der Waals surface area contributed by atoms with Gasteiger partial charge in [-0.05, 0) is 12.8 Å². The van der Waals surface area contributed by atoms with Crippen molar-refractivity contribution in [1.29, 1.82) is 0 Å². The smallest absolute Gasteiger partial charge is 0.102 e. The molecular formula is C21H43NO4S. The molecule has 0 aromatic carbocycles. The van der Waals surface area contributed by atoms with Crippen LogP contribution in [0.1, 0.15) is 90.4 Å². The van der Waals surface area contributed by atoms with E-state index in [-0.39, 0.29) is 5.75 Å². The summed E-state index contributed by atoms with van der Waals surface area (Å²) in [5.41, 5.74) is 0. The summed E-state index contributed by atoms with van der Waals surface area (Å²) in [6.07, 6.45) is 16.6. The fourth-order valence-electron chi connectivity index (χ4n) is 4.15. The van der Waals surface area contributed by atoms with Crippen LogP contribution < -0.4 is 0 Å². The predicted octanol–water partition coefficient (Wildman–Crippen LogP) is 4.47. The second kappa shape index (κ2) is 14.8. The topological polar surface area (TPSA) is 66.4 Å². The lowest BCUT2D eigenvalue weighted by Gasteiger charge is -2.41. The molecule has 162 valence electrons. The maximum atomic E-state index is 10.9. The van der Waals surface area contributed by atoms with E-state index in [1.807, 2.05) is 0 Å². The first kappa shape index (κ1) is 24.9. The van der Waals surface area contributed by atoms with Gasteiger partial charge in [0, 0.05) is 12.2 Å². The number of nitrogens with zero attached hydrogens (tertiary/aromatic N) is 1. The van der Waals surface area contributed by atoms with Gasteiger partial charge in [0.2, 0.25) is 0 Å². The quantitative estimate of drug-likeness (QED) is 0.203. The monoisotopic (exact) mass is 405 g/mol. The SMILES string of the molecule is CCCCCCCCCCCCCC[N+]1(CCCS(=O)(=O)[O-])CCOCC1. The highest BCUT2D eigenvalue weighted by atomic mass is 32.2. The molecule has 0 N–H and O–H groups in total. The molecule has 0 amide bonds. The lowest BCUT2D eigenvalue weighted by atomic mass is 10.0. The molecule has 0 radical (unpaired) electrons. The summed E-state index contributed by atoms with van der Waals surface area (Å²) in [4.78, 5) is 0. The van der Waals surface area contributed by atoms with Crippen molar-refractivity contribution in [1.82, 2.24) is 0 Å². The highest BCUT2D eigenvalue weighted by Gasteiger charge is 2.29. The molecule has 1 aliphatic heterocycles. The Morgan fingerprint density at radius 3 is 1.67 bits per heavy atom. The van der Waals surface area contributed by atoms with Gasteiger partial charge in [0.1, 0.15) is 13.1 Å². The van der Waals surface area contributed by atoms with Gasteiger partial charge in [0.15, 0.2) is 0 Å². The van der Waals surface area contributed by atoms with Crippen molar-refractivity contribution in [2.45, 2.75) is 90.4 Å². The van der Waals surface area contributed by atoms with Crippen LogP contribution in [0.4, 0.5) is 0 Å². The Hall–Kier alpha value is -0.170. The van der Waals surface area contributed by atoms with Gasteiger partial charge in [-0.1, -0.05) is 71.1 Å². The van der Waals surface area contributed by atoms with Crippen LogP contribution in [0, 0.1) is 0 Å². The zero-order valence-corrected chi connectivity index (χ0v) is 18.4. The van der Waals surface area contributed by atoms with Gasteiger partial charge in [-0.15, -0.1) is 0 Å². The zero-order chi connectivity index (χ0) is 19.8. The number of hydrogen-bond donors (Lipinski definition) is 0. The molecule has 0 saturated carbocycles. The van der Waals surface area contributed by atoms with E-state index in [1.54, 1.807) is 0 Å². The van der Waals surface area contributed by atoms with Gasteiger partial charge >= 0.3 is 0 Å². The summed E-state index contributed by atoms with van der Waals surface area (Å²) in [5, 5.41) is 0. The van der Waals surface area contributed by atoms with Crippen LogP contribution in [0.2, 0.25) is 0 Å². The molecule has 0 bridgehead atoms. The fourth-order valence-corrected chi connectivity index (χ4v) is 4.64. The highest BCUT2D eigenvalue weighted by molar-refractivity contribution is 7.85. The summed E-state index contributed by atoms with van der Waals surface area (Å²) in [6, 6.07) is 0. The van der Waals surface area contributed by atoms with Crippen molar-refractivity contribution in [3.63, 3.8) is 0 Å². The maximum absolute atomic E-state index is 10.9. The summed E-state index contributed by atoms with van der Waals surface area (Å²) in [7, 11) is -4.09. The molecule has 1 fully saturated rings. The van der Waals surface area contributed by atoms with E-state index < -0.39 is 10.1 Å². The van der Waals surface area contributed by atoms with Crippen molar-refractivity contribution < 1.29 is 22.2 Å². The Balaban J connectivity index is 2.07. The first-order chi connectivity index (χ1) is 13.0. The van der Waals surface area contributed by atoms with E-state index in [2.05, 4.69) is 6.92 Å². The number of rotatable bonds is 17. The van der Waals surface area contributed by atoms with Crippen LogP contribution in [-0.4, -0.2) is 62.6 Å². The zero-order valence-electron chi connectivity index (χ0n) is 17.6. The molecule has 1 heterocycles. The van der Waals surface area contributed by atoms with E-state index in [0.717, 1.165) is 43.9 Å². The molecule has 0 atom stereocenters. The average molecular weight is 406 g/mol. The van der Waals surface area contributed by atoms with E-state index in [9.17, 15) is 13.0 Å². The molecule has 0 unspecified atom stereocenters. The number of quaternary nitrogens is 1. The molecule has 0 aromatic heterocycles. The molecule has 1 aliphatic rings. The van der Waals surface area contributed by atoms with E-state index >= 15 is 0 Å².